The third-order valence-electron chi connectivity index (χ3n) is 4.12. The van der Waals surface area contributed by atoms with E-state index < -0.39 is 15.4 Å². The van der Waals surface area contributed by atoms with Crippen molar-refractivity contribution in [2.75, 3.05) is 5.75 Å². The van der Waals surface area contributed by atoms with Crippen LogP contribution in [0.5, 0.6) is 0 Å². The summed E-state index contributed by atoms with van der Waals surface area (Å²) in [6, 6.07) is 0. The molecule has 1 saturated carbocycles. The number of hydrogen-bond acceptors (Lipinski definition) is 5. The van der Waals surface area contributed by atoms with Crippen molar-refractivity contribution in [2.24, 2.45) is 5.92 Å². The number of sulfone groups is 1. The van der Waals surface area contributed by atoms with Gasteiger partial charge in [-0.3, -0.25) is 0 Å². The van der Waals surface area contributed by atoms with Crippen LogP contribution < -0.4 is 0 Å². The van der Waals surface area contributed by atoms with Crippen molar-refractivity contribution in [1.82, 2.24) is 4.98 Å². The maximum absolute atomic E-state index is 12.3. The molecule has 1 aliphatic rings. The topological polar surface area (TPSA) is 67.3 Å². The lowest BCUT2D eigenvalue weighted by molar-refractivity contribution is 0.0135. The number of thiazole rings is 1. The van der Waals surface area contributed by atoms with Crippen molar-refractivity contribution in [2.45, 2.75) is 63.7 Å². The second-order valence-corrected chi connectivity index (χ2v) is 9.73. The van der Waals surface area contributed by atoms with Crippen molar-refractivity contribution in [3.63, 3.8) is 0 Å². The highest BCUT2D eigenvalue weighted by Gasteiger charge is 2.36. The van der Waals surface area contributed by atoms with Crippen LogP contribution in [0.25, 0.3) is 0 Å². The van der Waals surface area contributed by atoms with Crippen LogP contribution in [0.2, 0.25) is 0 Å². The third kappa shape index (κ3) is 4.76. The van der Waals surface area contributed by atoms with E-state index in [4.69, 9.17) is 0 Å². The molecular formula is C15H25NO3S2. The minimum atomic E-state index is -3.33. The van der Waals surface area contributed by atoms with Gasteiger partial charge < -0.3 is 5.11 Å². The fourth-order valence-electron chi connectivity index (χ4n) is 2.78. The van der Waals surface area contributed by atoms with Gasteiger partial charge in [0.15, 0.2) is 9.84 Å². The van der Waals surface area contributed by atoms with Gasteiger partial charge in [-0.2, -0.15) is 0 Å². The summed E-state index contributed by atoms with van der Waals surface area (Å²) in [5, 5.41) is 13.3. The van der Waals surface area contributed by atoms with Gasteiger partial charge in [-0.1, -0.05) is 20.8 Å². The molecule has 1 aromatic heterocycles. The lowest BCUT2D eigenvalue weighted by Crippen LogP contribution is -2.40. The third-order valence-corrected chi connectivity index (χ3v) is 7.03. The predicted molar refractivity (Wildman–Crippen MR) is 86.3 cm³/mol. The van der Waals surface area contributed by atoms with Crippen LogP contribution in [0, 0.1) is 5.92 Å². The highest BCUT2D eigenvalue weighted by atomic mass is 32.2. The molecule has 1 aliphatic carbocycles. The maximum atomic E-state index is 12.3. The van der Waals surface area contributed by atoms with Gasteiger partial charge in [-0.25, -0.2) is 13.4 Å². The van der Waals surface area contributed by atoms with Gasteiger partial charge in [0.25, 0.3) is 0 Å². The summed E-state index contributed by atoms with van der Waals surface area (Å²) >= 11 is 1.51. The zero-order chi connectivity index (χ0) is 15.7. The number of nitrogens with zero attached hydrogens (tertiary/aromatic N) is 1. The van der Waals surface area contributed by atoms with Crippen LogP contribution >= 0.6 is 11.3 Å². The summed E-state index contributed by atoms with van der Waals surface area (Å²) in [5.41, 5.74) is -0.432. The van der Waals surface area contributed by atoms with E-state index in [1.807, 2.05) is 19.2 Å². The van der Waals surface area contributed by atoms with Crippen molar-refractivity contribution < 1.29 is 13.5 Å². The Morgan fingerprint density at radius 1 is 1.43 bits per heavy atom. The molecule has 4 nitrogen and oxygen atoms in total. The first-order valence-electron chi connectivity index (χ1n) is 7.56. The number of rotatable bonds is 5. The monoisotopic (exact) mass is 331 g/mol. The molecular weight excluding hydrogens is 306 g/mol. The van der Waals surface area contributed by atoms with Crippen molar-refractivity contribution in [3.8, 4) is 0 Å². The molecule has 0 spiro atoms. The van der Waals surface area contributed by atoms with Gasteiger partial charge in [-0.05, 0) is 31.6 Å². The first-order chi connectivity index (χ1) is 9.69. The van der Waals surface area contributed by atoms with Crippen LogP contribution in [-0.2, 0) is 15.6 Å². The fraction of sp³-hybridized carbons (Fsp3) is 0.800. The molecule has 0 radical (unpaired) electrons. The molecule has 6 heteroatoms. The van der Waals surface area contributed by atoms with E-state index in [1.165, 1.54) is 11.3 Å². The largest absolute Gasteiger partial charge is 0.389 e. The molecule has 2 rings (SSSR count). The Bertz CT molecular complexity index is 569. The first kappa shape index (κ1) is 16.9. The van der Waals surface area contributed by atoms with E-state index in [1.54, 1.807) is 0 Å². The molecule has 1 aromatic rings. The minimum Gasteiger partial charge on any atom is -0.389 e. The summed E-state index contributed by atoms with van der Waals surface area (Å²) in [6.07, 6.45) is 2.98. The molecule has 1 fully saturated rings. The van der Waals surface area contributed by atoms with Gasteiger partial charge >= 0.3 is 0 Å². The molecule has 0 atom stereocenters. The summed E-state index contributed by atoms with van der Waals surface area (Å²) in [5.74, 6) is 0.700. The van der Waals surface area contributed by atoms with Crippen molar-refractivity contribution >= 4 is 21.2 Å². The van der Waals surface area contributed by atoms with Gasteiger partial charge in [0.1, 0.15) is 0 Å². The Labute approximate surface area is 131 Å². The quantitative estimate of drug-likeness (QED) is 0.900. The van der Waals surface area contributed by atoms with E-state index in [9.17, 15) is 13.5 Å². The van der Waals surface area contributed by atoms with Crippen LogP contribution in [0.1, 0.15) is 63.1 Å². The summed E-state index contributed by atoms with van der Waals surface area (Å²) in [7, 11) is -3.33. The molecule has 0 bridgehead atoms. The van der Waals surface area contributed by atoms with Crippen LogP contribution in [0.4, 0.5) is 0 Å². The summed E-state index contributed by atoms with van der Waals surface area (Å²) < 4.78 is 24.7. The highest BCUT2D eigenvalue weighted by Crippen LogP contribution is 2.33. The zero-order valence-electron chi connectivity index (χ0n) is 13.0. The average molecular weight is 332 g/mol. The number of hydrogen-bond donors (Lipinski definition) is 1. The lowest BCUT2D eigenvalue weighted by atomic mass is 9.81. The standard InChI is InChI=1S/C15H25NO3S2/c1-11(2)14-16-13(8-20-14)9-21(18,19)10-15(17)6-4-12(3)5-7-15/h8,11-12,17H,4-7,9-10H2,1-3H3. The molecule has 120 valence electrons. The Balaban J connectivity index is 2.01. The normalized spacial score (nSPS) is 27.2. The van der Waals surface area contributed by atoms with Crippen molar-refractivity contribution in [1.29, 1.82) is 0 Å². The second-order valence-electron chi connectivity index (χ2n) is 6.77. The highest BCUT2D eigenvalue weighted by molar-refractivity contribution is 7.90. The Hall–Kier alpha value is -0.460. The van der Waals surface area contributed by atoms with Crippen LogP contribution in [0.15, 0.2) is 5.38 Å². The minimum absolute atomic E-state index is 0.0614. The molecule has 0 saturated heterocycles. The Kier molecular flexibility index (Phi) is 5.11. The molecule has 0 amide bonds. The zero-order valence-corrected chi connectivity index (χ0v) is 14.6. The fourth-order valence-corrected chi connectivity index (χ4v) is 5.53. The second kappa shape index (κ2) is 6.34. The predicted octanol–water partition coefficient (Wildman–Crippen LogP) is 3.12. The molecule has 0 aromatic carbocycles. The Morgan fingerprint density at radius 2 is 2.05 bits per heavy atom. The molecule has 0 aliphatic heterocycles. The first-order valence-corrected chi connectivity index (χ1v) is 10.3. The van der Waals surface area contributed by atoms with Crippen LogP contribution in [0.3, 0.4) is 0 Å². The maximum Gasteiger partial charge on any atom is 0.158 e. The molecule has 0 unspecified atom stereocenters. The molecule has 21 heavy (non-hydrogen) atoms. The number of aromatic nitrogens is 1. The lowest BCUT2D eigenvalue weighted by Gasteiger charge is -2.34. The summed E-state index contributed by atoms with van der Waals surface area (Å²) in [6.45, 7) is 6.24. The van der Waals surface area contributed by atoms with Crippen LogP contribution in [-0.4, -0.2) is 29.9 Å². The van der Waals surface area contributed by atoms with E-state index in [2.05, 4.69) is 11.9 Å². The Morgan fingerprint density at radius 3 is 2.57 bits per heavy atom. The average Bonchev–Trinajstić information content (AvgIpc) is 2.80. The molecule has 1 N–H and O–H groups in total. The van der Waals surface area contributed by atoms with Gasteiger partial charge in [-0.15, -0.1) is 11.3 Å². The van der Waals surface area contributed by atoms with E-state index >= 15 is 0 Å². The SMILES string of the molecule is CC1CCC(O)(CS(=O)(=O)Cc2csc(C(C)C)n2)CC1. The van der Waals surface area contributed by atoms with Crippen molar-refractivity contribution in [3.05, 3.63) is 16.1 Å². The number of aliphatic hydroxyl groups is 1. The van der Waals surface area contributed by atoms with E-state index in [0.29, 0.717) is 30.4 Å². The van der Waals surface area contributed by atoms with Gasteiger partial charge in [0, 0.05) is 11.3 Å². The van der Waals surface area contributed by atoms with E-state index in [-0.39, 0.29) is 11.5 Å². The smallest absolute Gasteiger partial charge is 0.158 e. The molecule has 1 heterocycles. The van der Waals surface area contributed by atoms with Gasteiger partial charge in [0.2, 0.25) is 0 Å². The summed E-state index contributed by atoms with van der Waals surface area (Å²) in [4.78, 5) is 4.38. The van der Waals surface area contributed by atoms with E-state index in [0.717, 1.165) is 17.8 Å². The van der Waals surface area contributed by atoms with Gasteiger partial charge in [0.05, 0.1) is 27.8 Å².